The van der Waals surface area contributed by atoms with Gasteiger partial charge in [0.2, 0.25) is 0 Å². The van der Waals surface area contributed by atoms with Crippen LogP contribution in [0.15, 0.2) is 0 Å². The van der Waals surface area contributed by atoms with Gasteiger partial charge in [-0.3, -0.25) is 4.68 Å². The van der Waals surface area contributed by atoms with E-state index in [1.165, 1.54) is 35.7 Å². The summed E-state index contributed by atoms with van der Waals surface area (Å²) in [6.45, 7) is 7.34. The van der Waals surface area contributed by atoms with Crippen molar-refractivity contribution in [3.8, 4) is 0 Å². The molecule has 2 heterocycles. The van der Waals surface area contributed by atoms with E-state index in [9.17, 15) is 0 Å². The van der Waals surface area contributed by atoms with Gasteiger partial charge in [-0.15, -0.1) is 0 Å². The number of aryl methyl sites for hydroxylation is 2. The maximum atomic E-state index is 4.54. The predicted octanol–water partition coefficient (Wildman–Crippen LogP) is 2.83. The number of nitrogens with one attached hydrogen (secondary N) is 1. The fourth-order valence-electron chi connectivity index (χ4n) is 2.27. The minimum atomic E-state index is 0.630. The lowest BCUT2D eigenvalue weighted by molar-refractivity contribution is 0.634. The highest BCUT2D eigenvalue weighted by Gasteiger charge is 2.17. The lowest BCUT2D eigenvalue weighted by Gasteiger charge is -2.23. The van der Waals surface area contributed by atoms with Crippen molar-refractivity contribution < 1.29 is 0 Å². The molecule has 0 radical (unpaired) electrons. The monoisotopic (exact) mass is 239 g/mol. The molecule has 16 heavy (non-hydrogen) atoms. The summed E-state index contributed by atoms with van der Waals surface area (Å²) in [5.74, 6) is 2.56. The molecular weight excluding hydrogens is 218 g/mol. The SMILES string of the molecule is CCn1nc(C)c(NC2CCCSC2)c1C. The lowest BCUT2D eigenvalue weighted by Crippen LogP contribution is -2.26. The number of hydrogen-bond acceptors (Lipinski definition) is 3. The van der Waals surface area contributed by atoms with Gasteiger partial charge in [0.05, 0.1) is 17.1 Å². The fourth-order valence-corrected chi connectivity index (χ4v) is 3.34. The van der Waals surface area contributed by atoms with Crippen LogP contribution >= 0.6 is 11.8 Å². The Labute approximate surface area is 102 Å². The van der Waals surface area contributed by atoms with E-state index in [4.69, 9.17) is 0 Å². The normalized spacial score (nSPS) is 21.1. The summed E-state index contributed by atoms with van der Waals surface area (Å²) in [5, 5.41) is 8.21. The maximum absolute atomic E-state index is 4.54. The number of hydrogen-bond donors (Lipinski definition) is 1. The van der Waals surface area contributed by atoms with Crippen LogP contribution in [-0.4, -0.2) is 27.3 Å². The van der Waals surface area contributed by atoms with E-state index < -0.39 is 0 Å². The summed E-state index contributed by atoms with van der Waals surface area (Å²) in [4.78, 5) is 0. The second-order valence-electron chi connectivity index (χ2n) is 4.42. The molecule has 0 spiro atoms. The van der Waals surface area contributed by atoms with Gasteiger partial charge < -0.3 is 5.32 Å². The summed E-state index contributed by atoms with van der Waals surface area (Å²) in [5.41, 5.74) is 3.67. The average molecular weight is 239 g/mol. The van der Waals surface area contributed by atoms with Gasteiger partial charge in [-0.25, -0.2) is 0 Å². The van der Waals surface area contributed by atoms with E-state index in [1.54, 1.807) is 0 Å². The highest BCUT2D eigenvalue weighted by Crippen LogP contribution is 2.25. The zero-order valence-electron chi connectivity index (χ0n) is 10.4. The molecule has 1 atom stereocenters. The van der Waals surface area contributed by atoms with Gasteiger partial charge in [0.15, 0.2) is 0 Å². The molecular formula is C12H21N3S. The number of thioether (sulfide) groups is 1. The van der Waals surface area contributed by atoms with Gasteiger partial charge in [0.1, 0.15) is 0 Å². The van der Waals surface area contributed by atoms with Gasteiger partial charge in [0, 0.05) is 18.3 Å². The van der Waals surface area contributed by atoms with Crippen molar-refractivity contribution in [1.82, 2.24) is 9.78 Å². The minimum absolute atomic E-state index is 0.630. The first-order chi connectivity index (χ1) is 7.72. The Kier molecular flexibility index (Phi) is 3.79. The van der Waals surface area contributed by atoms with Gasteiger partial charge >= 0.3 is 0 Å². The number of anilines is 1. The molecule has 1 N–H and O–H groups in total. The van der Waals surface area contributed by atoms with Crippen molar-refractivity contribution in [3.63, 3.8) is 0 Å². The quantitative estimate of drug-likeness (QED) is 0.879. The Hall–Kier alpha value is -0.640. The summed E-state index contributed by atoms with van der Waals surface area (Å²) < 4.78 is 2.08. The van der Waals surface area contributed by atoms with Crippen LogP contribution in [0.25, 0.3) is 0 Å². The smallest absolute Gasteiger partial charge is 0.0828 e. The van der Waals surface area contributed by atoms with Crippen molar-refractivity contribution in [3.05, 3.63) is 11.4 Å². The zero-order valence-corrected chi connectivity index (χ0v) is 11.2. The van der Waals surface area contributed by atoms with Crippen molar-refractivity contribution in [2.75, 3.05) is 16.8 Å². The zero-order chi connectivity index (χ0) is 11.5. The van der Waals surface area contributed by atoms with Crippen molar-refractivity contribution in [2.24, 2.45) is 0 Å². The molecule has 1 fully saturated rings. The third-order valence-electron chi connectivity index (χ3n) is 3.19. The van der Waals surface area contributed by atoms with Crippen LogP contribution in [0.1, 0.15) is 31.2 Å². The predicted molar refractivity (Wildman–Crippen MR) is 71.3 cm³/mol. The molecule has 1 aliphatic rings. The van der Waals surface area contributed by atoms with Gasteiger partial charge in [-0.2, -0.15) is 16.9 Å². The van der Waals surface area contributed by atoms with Crippen LogP contribution in [0.2, 0.25) is 0 Å². The summed E-state index contributed by atoms with van der Waals surface area (Å²) in [6.07, 6.45) is 2.63. The topological polar surface area (TPSA) is 29.9 Å². The molecule has 4 heteroatoms. The molecule has 1 aliphatic heterocycles. The van der Waals surface area contributed by atoms with Crippen LogP contribution in [0.4, 0.5) is 5.69 Å². The molecule has 0 aliphatic carbocycles. The van der Waals surface area contributed by atoms with E-state index >= 15 is 0 Å². The fraction of sp³-hybridized carbons (Fsp3) is 0.750. The third-order valence-corrected chi connectivity index (χ3v) is 4.41. The molecule has 0 amide bonds. The van der Waals surface area contributed by atoms with Crippen LogP contribution in [-0.2, 0) is 6.54 Å². The van der Waals surface area contributed by atoms with E-state index in [2.05, 4.69) is 47.6 Å². The first-order valence-electron chi connectivity index (χ1n) is 6.10. The maximum Gasteiger partial charge on any atom is 0.0828 e. The van der Waals surface area contributed by atoms with Gasteiger partial charge in [-0.1, -0.05) is 0 Å². The second kappa shape index (κ2) is 5.13. The molecule has 0 saturated carbocycles. The molecule has 90 valence electrons. The largest absolute Gasteiger partial charge is 0.379 e. The highest BCUT2D eigenvalue weighted by atomic mass is 32.2. The van der Waals surface area contributed by atoms with Gasteiger partial charge in [0.25, 0.3) is 0 Å². The van der Waals surface area contributed by atoms with E-state index in [1.807, 2.05) is 0 Å². The molecule has 1 saturated heterocycles. The van der Waals surface area contributed by atoms with Crippen LogP contribution in [0.5, 0.6) is 0 Å². The molecule has 0 aromatic carbocycles. The Morgan fingerprint density at radius 2 is 2.31 bits per heavy atom. The average Bonchev–Trinajstić information content (AvgIpc) is 2.58. The van der Waals surface area contributed by atoms with Crippen LogP contribution in [0, 0.1) is 13.8 Å². The third kappa shape index (κ3) is 2.37. The number of rotatable bonds is 3. The van der Waals surface area contributed by atoms with Crippen LogP contribution < -0.4 is 5.32 Å². The molecule has 1 aromatic heterocycles. The summed E-state index contributed by atoms with van der Waals surface area (Å²) >= 11 is 2.06. The second-order valence-corrected chi connectivity index (χ2v) is 5.57. The van der Waals surface area contributed by atoms with Crippen molar-refractivity contribution >= 4 is 17.4 Å². The number of aromatic nitrogens is 2. The van der Waals surface area contributed by atoms with Crippen molar-refractivity contribution in [2.45, 2.75) is 46.2 Å². The Morgan fingerprint density at radius 1 is 1.50 bits per heavy atom. The Balaban J connectivity index is 2.10. The summed E-state index contributed by atoms with van der Waals surface area (Å²) in [6, 6.07) is 0.630. The van der Waals surface area contributed by atoms with E-state index in [-0.39, 0.29) is 0 Å². The Bertz CT molecular complexity index is 353. The molecule has 1 unspecified atom stereocenters. The molecule has 2 rings (SSSR count). The standard InChI is InChI=1S/C12H21N3S/c1-4-15-10(3)12(9(2)14-15)13-11-6-5-7-16-8-11/h11,13H,4-8H2,1-3H3. The first kappa shape index (κ1) is 11.8. The highest BCUT2D eigenvalue weighted by molar-refractivity contribution is 7.99. The van der Waals surface area contributed by atoms with Gasteiger partial charge in [-0.05, 0) is 39.4 Å². The van der Waals surface area contributed by atoms with Crippen molar-refractivity contribution in [1.29, 1.82) is 0 Å². The summed E-state index contributed by atoms with van der Waals surface area (Å²) in [7, 11) is 0. The van der Waals surface area contributed by atoms with Crippen LogP contribution in [0.3, 0.4) is 0 Å². The first-order valence-corrected chi connectivity index (χ1v) is 7.26. The van der Waals surface area contributed by atoms with E-state index in [0.717, 1.165) is 12.2 Å². The molecule has 3 nitrogen and oxygen atoms in total. The Morgan fingerprint density at radius 3 is 2.88 bits per heavy atom. The molecule has 0 bridgehead atoms. The molecule has 1 aromatic rings. The van der Waals surface area contributed by atoms with E-state index in [0.29, 0.717) is 6.04 Å². The number of nitrogens with zero attached hydrogens (tertiary/aromatic N) is 2. The minimum Gasteiger partial charge on any atom is -0.379 e. The lowest BCUT2D eigenvalue weighted by atomic mass is 10.1.